The first-order chi connectivity index (χ1) is 6.74. The van der Waals surface area contributed by atoms with E-state index >= 15 is 0 Å². The molecule has 1 atom stereocenters. The van der Waals surface area contributed by atoms with Gasteiger partial charge in [0.05, 0.1) is 11.6 Å². The van der Waals surface area contributed by atoms with E-state index in [1.807, 2.05) is 0 Å². The van der Waals surface area contributed by atoms with Gasteiger partial charge in [0.15, 0.2) is 5.57 Å². The third-order valence-electron chi connectivity index (χ3n) is 2.11. The highest BCUT2D eigenvalue weighted by Gasteiger charge is 2.29. The summed E-state index contributed by atoms with van der Waals surface area (Å²) in [5.74, 6) is -1.31. The van der Waals surface area contributed by atoms with E-state index in [0.29, 0.717) is 5.71 Å². The summed E-state index contributed by atoms with van der Waals surface area (Å²) in [6.45, 7) is 0. The average Bonchev–Trinajstić information content (AvgIpc) is 2.18. The number of hydrogen-bond donors (Lipinski definition) is 1. The molecule has 2 rings (SSSR count). The third kappa shape index (κ3) is 1.07. The molecule has 1 N–H and O–H groups in total. The number of fused-ring (bicyclic) bond motifs is 1. The van der Waals surface area contributed by atoms with E-state index in [1.165, 1.54) is 0 Å². The van der Waals surface area contributed by atoms with Crippen LogP contribution in [0.15, 0.2) is 40.6 Å². The molecule has 1 amide bonds. The molecule has 4 nitrogen and oxygen atoms in total. The number of dihydropyridines is 1. The van der Waals surface area contributed by atoms with Crippen LogP contribution in [0.25, 0.3) is 0 Å². The highest BCUT2D eigenvalue weighted by Crippen LogP contribution is 2.24. The fraction of sp³-hybridized carbons (Fsp3) is 0.100. The van der Waals surface area contributed by atoms with Gasteiger partial charge in [-0.05, 0) is 6.08 Å². The van der Waals surface area contributed by atoms with E-state index in [2.05, 4.69) is 4.99 Å². The molecule has 1 heterocycles. The number of aliphatic imine (C=N–C) groups is 1. The van der Waals surface area contributed by atoms with Crippen LogP contribution >= 0.6 is 0 Å². The van der Waals surface area contributed by atoms with Crippen molar-refractivity contribution in [1.82, 2.24) is 0 Å². The highest BCUT2D eigenvalue weighted by molar-refractivity contribution is 6.15. The van der Waals surface area contributed by atoms with Gasteiger partial charge >= 0.3 is 0 Å². The lowest BCUT2D eigenvalue weighted by molar-refractivity contribution is -0.114. The molecule has 0 aromatic rings. The van der Waals surface area contributed by atoms with Gasteiger partial charge in [0, 0.05) is 0 Å². The van der Waals surface area contributed by atoms with Gasteiger partial charge in [-0.2, -0.15) is 5.26 Å². The first-order valence-electron chi connectivity index (χ1n) is 4.05. The van der Waals surface area contributed by atoms with Crippen molar-refractivity contribution in [2.24, 2.45) is 10.9 Å². The Kier molecular flexibility index (Phi) is 1.79. The molecule has 1 aliphatic heterocycles. The van der Waals surface area contributed by atoms with Crippen LogP contribution in [0.2, 0.25) is 0 Å². The van der Waals surface area contributed by atoms with Crippen molar-refractivity contribution < 1.29 is 9.90 Å². The minimum atomic E-state index is -0.670. The van der Waals surface area contributed by atoms with Crippen molar-refractivity contribution in [2.45, 2.75) is 0 Å². The van der Waals surface area contributed by atoms with Gasteiger partial charge < -0.3 is 5.11 Å². The zero-order valence-electron chi connectivity index (χ0n) is 7.14. The summed E-state index contributed by atoms with van der Waals surface area (Å²) >= 11 is 0. The van der Waals surface area contributed by atoms with E-state index in [9.17, 15) is 9.90 Å². The summed E-state index contributed by atoms with van der Waals surface area (Å²) in [5, 5.41) is 18.2. The summed E-state index contributed by atoms with van der Waals surface area (Å²) in [7, 11) is 0. The van der Waals surface area contributed by atoms with Crippen molar-refractivity contribution in [1.29, 1.82) is 5.26 Å². The molecule has 0 saturated carbocycles. The maximum atomic E-state index is 11.2. The molecule has 0 aromatic heterocycles. The Bertz CT molecular complexity index is 461. The molecule has 0 saturated heterocycles. The lowest BCUT2D eigenvalue weighted by atomic mass is 9.91. The lowest BCUT2D eigenvalue weighted by Crippen LogP contribution is -2.24. The normalized spacial score (nSPS) is 24.4. The van der Waals surface area contributed by atoms with Crippen LogP contribution in [-0.2, 0) is 4.79 Å². The Balaban J connectivity index is 2.53. The second kappa shape index (κ2) is 2.96. The third-order valence-corrected chi connectivity index (χ3v) is 2.11. The van der Waals surface area contributed by atoms with E-state index in [0.717, 1.165) is 0 Å². The van der Waals surface area contributed by atoms with E-state index in [1.54, 1.807) is 30.4 Å². The van der Waals surface area contributed by atoms with Gasteiger partial charge in [-0.25, -0.2) is 4.99 Å². The molecule has 4 heteroatoms. The molecule has 0 fully saturated rings. The number of allylic oxidation sites excluding steroid dienone is 4. The van der Waals surface area contributed by atoms with Gasteiger partial charge in [0.25, 0.3) is 5.91 Å². The molecule has 0 radical (unpaired) electrons. The molecule has 0 spiro atoms. The Morgan fingerprint density at radius 2 is 2.29 bits per heavy atom. The Hall–Kier alpha value is -2.15. The molecule has 1 aliphatic carbocycles. The summed E-state index contributed by atoms with van der Waals surface area (Å²) in [5.41, 5.74) is 0.215. The summed E-state index contributed by atoms with van der Waals surface area (Å²) in [4.78, 5) is 14.9. The fourth-order valence-electron chi connectivity index (χ4n) is 1.41. The number of nitrogens with zero attached hydrogens (tertiary/aromatic N) is 2. The minimum absolute atomic E-state index is 0.205. The largest absolute Gasteiger partial charge is 0.510 e. The smallest absolute Gasteiger partial charge is 0.291 e. The SMILES string of the molecule is N#CC1=C(O)C2C=CC=CC2=NC1=O. The zero-order valence-corrected chi connectivity index (χ0v) is 7.14. The molecule has 1 unspecified atom stereocenters. The monoisotopic (exact) mass is 186 g/mol. The van der Waals surface area contributed by atoms with Crippen molar-refractivity contribution in [3.05, 3.63) is 35.6 Å². The summed E-state index contributed by atoms with van der Waals surface area (Å²) in [6.07, 6.45) is 6.81. The first kappa shape index (κ1) is 8.45. The van der Waals surface area contributed by atoms with Crippen LogP contribution in [0.5, 0.6) is 0 Å². The zero-order chi connectivity index (χ0) is 10.1. The summed E-state index contributed by atoms with van der Waals surface area (Å²) in [6, 6.07) is 1.65. The van der Waals surface area contributed by atoms with Crippen molar-refractivity contribution >= 4 is 11.6 Å². The lowest BCUT2D eigenvalue weighted by Gasteiger charge is -2.19. The van der Waals surface area contributed by atoms with Gasteiger partial charge in [0.2, 0.25) is 0 Å². The van der Waals surface area contributed by atoms with Crippen LogP contribution in [-0.4, -0.2) is 16.7 Å². The molecule has 0 bridgehead atoms. The molecular weight excluding hydrogens is 180 g/mol. The number of carbonyl (C=O) groups excluding carboxylic acids is 1. The fourth-order valence-corrected chi connectivity index (χ4v) is 1.41. The minimum Gasteiger partial charge on any atom is -0.510 e. The van der Waals surface area contributed by atoms with Gasteiger partial charge in [-0.1, -0.05) is 18.2 Å². The van der Waals surface area contributed by atoms with Crippen molar-refractivity contribution in [2.75, 3.05) is 0 Å². The maximum absolute atomic E-state index is 11.2. The van der Waals surface area contributed by atoms with Crippen LogP contribution in [0.4, 0.5) is 0 Å². The number of aliphatic hydroxyl groups excluding tert-OH is 1. The molecule has 2 aliphatic rings. The van der Waals surface area contributed by atoms with Gasteiger partial charge in [-0.3, -0.25) is 4.79 Å². The van der Waals surface area contributed by atoms with Crippen molar-refractivity contribution in [3.8, 4) is 6.07 Å². The Morgan fingerprint density at radius 1 is 1.50 bits per heavy atom. The average molecular weight is 186 g/mol. The van der Waals surface area contributed by atoms with Crippen LogP contribution in [0, 0.1) is 17.2 Å². The first-order valence-corrected chi connectivity index (χ1v) is 4.05. The van der Waals surface area contributed by atoms with Crippen molar-refractivity contribution in [3.63, 3.8) is 0 Å². The topological polar surface area (TPSA) is 73.4 Å². The number of aliphatic hydroxyl groups is 1. The number of amides is 1. The molecule has 68 valence electrons. The quantitative estimate of drug-likeness (QED) is 0.614. The van der Waals surface area contributed by atoms with Crippen LogP contribution in [0.3, 0.4) is 0 Å². The second-order valence-electron chi connectivity index (χ2n) is 2.94. The second-order valence-corrected chi connectivity index (χ2v) is 2.94. The number of nitriles is 1. The Morgan fingerprint density at radius 3 is 3.00 bits per heavy atom. The number of rotatable bonds is 0. The molecule has 0 aromatic carbocycles. The van der Waals surface area contributed by atoms with Crippen LogP contribution in [0.1, 0.15) is 0 Å². The van der Waals surface area contributed by atoms with Crippen LogP contribution < -0.4 is 0 Å². The van der Waals surface area contributed by atoms with E-state index in [4.69, 9.17) is 5.26 Å². The number of hydrogen-bond acceptors (Lipinski definition) is 3. The summed E-state index contributed by atoms with van der Waals surface area (Å²) < 4.78 is 0. The number of carbonyl (C=O) groups is 1. The standard InChI is InChI=1S/C10H6N2O2/c11-5-7-9(13)6-3-1-2-4-8(6)12-10(7)14/h1-4,6,13H. The maximum Gasteiger partial charge on any atom is 0.291 e. The van der Waals surface area contributed by atoms with E-state index in [-0.39, 0.29) is 11.3 Å². The predicted molar refractivity (Wildman–Crippen MR) is 49.5 cm³/mol. The van der Waals surface area contributed by atoms with E-state index < -0.39 is 11.8 Å². The molecule has 14 heavy (non-hydrogen) atoms. The highest BCUT2D eigenvalue weighted by atomic mass is 16.3. The Labute approximate surface area is 80.2 Å². The van der Waals surface area contributed by atoms with Gasteiger partial charge in [0.1, 0.15) is 11.8 Å². The van der Waals surface area contributed by atoms with Gasteiger partial charge in [-0.15, -0.1) is 0 Å². The molecular formula is C10H6N2O2. The predicted octanol–water partition coefficient (Wildman–Crippen LogP) is 1.05.